The van der Waals surface area contributed by atoms with Gasteiger partial charge in [0.25, 0.3) is 6.85 Å². The lowest BCUT2D eigenvalue weighted by atomic mass is 9.42. The lowest BCUT2D eigenvalue weighted by Crippen LogP contribution is -2.41. The highest BCUT2D eigenvalue weighted by molar-refractivity contribution is 6.64. The van der Waals surface area contributed by atoms with Crippen LogP contribution in [0, 0.1) is 10.8 Å². The van der Waals surface area contributed by atoms with Gasteiger partial charge in [-0.3, -0.25) is 0 Å². The summed E-state index contributed by atoms with van der Waals surface area (Å²) >= 11 is 0. The van der Waals surface area contributed by atoms with Gasteiger partial charge in [-0.1, -0.05) is 53.6 Å². The van der Waals surface area contributed by atoms with Crippen LogP contribution in [0.25, 0.3) is 0 Å². The van der Waals surface area contributed by atoms with Gasteiger partial charge in [-0.2, -0.15) is 0 Å². The minimum atomic E-state index is 0.334. The highest BCUT2D eigenvalue weighted by Crippen LogP contribution is 2.42. The van der Waals surface area contributed by atoms with Gasteiger partial charge in [0.15, 0.2) is 0 Å². The summed E-state index contributed by atoms with van der Waals surface area (Å²) in [5, 5.41) is 3.48. The molecule has 0 saturated carbocycles. The SMILES string of the molecule is CC(C)(C)CC(B1C=CC=CN1)C(C)(C)C. The summed E-state index contributed by atoms with van der Waals surface area (Å²) in [5.74, 6) is 2.95. The maximum Gasteiger partial charge on any atom is 0.281 e. The van der Waals surface area contributed by atoms with Crippen LogP contribution < -0.4 is 5.23 Å². The van der Waals surface area contributed by atoms with Crippen molar-refractivity contribution < 1.29 is 0 Å². The molecule has 90 valence electrons. The zero-order valence-electron chi connectivity index (χ0n) is 11.7. The average molecular weight is 219 g/mol. The molecule has 1 N–H and O–H groups in total. The fourth-order valence-electron chi connectivity index (χ4n) is 2.34. The van der Waals surface area contributed by atoms with Crippen molar-refractivity contribution in [1.29, 1.82) is 0 Å². The highest BCUT2D eigenvalue weighted by atomic mass is 14.8. The summed E-state index contributed by atoms with van der Waals surface area (Å²) in [6, 6.07) is 0. The minimum absolute atomic E-state index is 0.334. The molecule has 0 aliphatic carbocycles. The highest BCUT2D eigenvalue weighted by Gasteiger charge is 2.36. The molecular formula is C14H26BN. The van der Waals surface area contributed by atoms with Crippen LogP contribution in [0.1, 0.15) is 48.0 Å². The van der Waals surface area contributed by atoms with Crippen LogP contribution in [0.5, 0.6) is 0 Å². The molecule has 0 aromatic carbocycles. The van der Waals surface area contributed by atoms with Crippen molar-refractivity contribution in [3.8, 4) is 0 Å². The van der Waals surface area contributed by atoms with Crippen LogP contribution >= 0.6 is 0 Å². The molecule has 1 aliphatic rings. The van der Waals surface area contributed by atoms with E-state index in [1.165, 1.54) is 6.42 Å². The molecule has 2 heteroatoms. The maximum absolute atomic E-state index is 3.48. The molecule has 0 aromatic heterocycles. The molecule has 0 spiro atoms. The van der Waals surface area contributed by atoms with Crippen molar-refractivity contribution in [2.75, 3.05) is 0 Å². The van der Waals surface area contributed by atoms with E-state index in [-0.39, 0.29) is 0 Å². The molecule has 0 radical (unpaired) electrons. The lowest BCUT2D eigenvalue weighted by molar-refractivity contribution is 0.270. The number of hydrogen-bond donors (Lipinski definition) is 1. The number of nitrogens with one attached hydrogen (secondary N) is 1. The standard InChI is InChI=1S/C14H26BN/c1-13(2,3)11-12(14(4,5)6)15-9-7-8-10-16-15/h7-10,12,16H,11H2,1-6H3. The lowest BCUT2D eigenvalue weighted by Gasteiger charge is -2.38. The van der Waals surface area contributed by atoms with E-state index in [1.807, 2.05) is 0 Å². The quantitative estimate of drug-likeness (QED) is 0.691. The fraction of sp³-hybridized carbons (Fsp3) is 0.714. The molecular weight excluding hydrogens is 193 g/mol. The Morgan fingerprint density at radius 1 is 1.06 bits per heavy atom. The van der Waals surface area contributed by atoms with E-state index in [0.29, 0.717) is 23.5 Å². The molecule has 1 rings (SSSR count). The number of allylic oxidation sites excluding steroid dienone is 2. The second-order valence-electron chi connectivity index (χ2n) is 7.17. The third-order valence-corrected chi connectivity index (χ3v) is 3.19. The van der Waals surface area contributed by atoms with E-state index >= 15 is 0 Å². The summed E-state index contributed by atoms with van der Waals surface area (Å²) in [5.41, 5.74) is 0.717. The third kappa shape index (κ3) is 4.07. The second kappa shape index (κ2) is 4.69. The van der Waals surface area contributed by atoms with E-state index in [9.17, 15) is 0 Å². The van der Waals surface area contributed by atoms with Crippen LogP contribution in [-0.2, 0) is 0 Å². The van der Waals surface area contributed by atoms with Crippen molar-refractivity contribution >= 4 is 6.85 Å². The van der Waals surface area contributed by atoms with Crippen LogP contribution in [0.2, 0.25) is 5.82 Å². The van der Waals surface area contributed by atoms with Gasteiger partial charge in [-0.05, 0) is 35.3 Å². The Labute approximate surface area is 101 Å². The summed E-state index contributed by atoms with van der Waals surface area (Å²) in [6.07, 6.45) is 7.52. The van der Waals surface area contributed by atoms with E-state index in [0.717, 1.165) is 0 Å². The fourth-order valence-corrected chi connectivity index (χ4v) is 2.34. The van der Waals surface area contributed by atoms with Gasteiger partial charge >= 0.3 is 0 Å². The van der Waals surface area contributed by atoms with Crippen molar-refractivity contribution in [1.82, 2.24) is 5.23 Å². The molecule has 0 saturated heterocycles. The molecule has 1 heterocycles. The Hall–Kier alpha value is -0.655. The largest absolute Gasteiger partial charge is 0.430 e. The smallest absolute Gasteiger partial charge is 0.281 e. The molecule has 1 unspecified atom stereocenters. The summed E-state index contributed by atoms with van der Waals surface area (Å²) in [6.45, 7) is 14.5. The van der Waals surface area contributed by atoms with Gasteiger partial charge in [0.1, 0.15) is 0 Å². The van der Waals surface area contributed by atoms with Crippen molar-refractivity contribution in [2.45, 2.75) is 53.8 Å². The normalized spacial score (nSPS) is 18.5. The predicted molar refractivity (Wildman–Crippen MR) is 74.4 cm³/mol. The first-order valence-electron chi connectivity index (χ1n) is 6.29. The van der Waals surface area contributed by atoms with Crippen molar-refractivity contribution in [2.24, 2.45) is 10.8 Å². The molecule has 16 heavy (non-hydrogen) atoms. The van der Waals surface area contributed by atoms with Crippen LogP contribution in [0.3, 0.4) is 0 Å². The predicted octanol–water partition coefficient (Wildman–Crippen LogP) is 4.04. The first-order chi connectivity index (χ1) is 7.20. The topological polar surface area (TPSA) is 12.0 Å². The van der Waals surface area contributed by atoms with Gasteiger partial charge in [-0.25, -0.2) is 0 Å². The molecule has 1 atom stereocenters. The Morgan fingerprint density at radius 2 is 1.69 bits per heavy atom. The second-order valence-corrected chi connectivity index (χ2v) is 7.17. The monoisotopic (exact) mass is 219 g/mol. The zero-order chi connectivity index (χ0) is 12.4. The molecule has 0 bridgehead atoms. The van der Waals surface area contributed by atoms with E-state index in [4.69, 9.17) is 0 Å². The third-order valence-electron chi connectivity index (χ3n) is 3.19. The minimum Gasteiger partial charge on any atom is -0.430 e. The number of hydrogen-bond acceptors (Lipinski definition) is 1. The molecule has 1 aliphatic heterocycles. The van der Waals surface area contributed by atoms with Gasteiger partial charge in [0.2, 0.25) is 0 Å². The van der Waals surface area contributed by atoms with Gasteiger partial charge in [-0.15, -0.1) is 0 Å². The van der Waals surface area contributed by atoms with Gasteiger partial charge < -0.3 is 5.23 Å². The van der Waals surface area contributed by atoms with Gasteiger partial charge in [0.05, 0.1) is 0 Å². The Kier molecular flexibility index (Phi) is 3.93. The molecule has 0 aromatic rings. The van der Waals surface area contributed by atoms with Crippen LogP contribution in [-0.4, -0.2) is 6.85 Å². The summed E-state index contributed by atoms with van der Waals surface area (Å²) in [4.78, 5) is 0. The molecule has 1 nitrogen and oxygen atoms in total. The molecule has 0 amide bonds. The van der Waals surface area contributed by atoms with Crippen LogP contribution in [0.4, 0.5) is 0 Å². The number of rotatable bonds is 2. The van der Waals surface area contributed by atoms with E-state index < -0.39 is 0 Å². The average Bonchev–Trinajstić information content (AvgIpc) is 2.13. The summed E-state index contributed by atoms with van der Waals surface area (Å²) in [7, 11) is 0. The molecule has 0 fully saturated rings. The Balaban J connectivity index is 2.80. The first-order valence-corrected chi connectivity index (χ1v) is 6.29. The van der Waals surface area contributed by atoms with Gasteiger partial charge in [0, 0.05) is 0 Å². The summed E-state index contributed by atoms with van der Waals surface area (Å²) < 4.78 is 0. The van der Waals surface area contributed by atoms with E-state index in [2.05, 4.69) is 71.1 Å². The van der Waals surface area contributed by atoms with Crippen molar-refractivity contribution in [3.05, 3.63) is 24.3 Å². The Bertz CT molecular complexity index is 278. The maximum atomic E-state index is 3.48. The zero-order valence-corrected chi connectivity index (χ0v) is 11.7. The first kappa shape index (κ1) is 13.4. The van der Waals surface area contributed by atoms with Crippen molar-refractivity contribution in [3.63, 3.8) is 0 Å². The van der Waals surface area contributed by atoms with E-state index in [1.54, 1.807) is 0 Å². The Morgan fingerprint density at radius 3 is 2.06 bits per heavy atom. The van der Waals surface area contributed by atoms with Crippen LogP contribution in [0.15, 0.2) is 24.3 Å².